The minimum atomic E-state index is -0.378. The molecular weight excluding hydrogens is 462 g/mol. The van der Waals surface area contributed by atoms with Crippen LogP contribution in [0.1, 0.15) is 40.3 Å². The topological polar surface area (TPSA) is 74.4 Å². The number of aromatic amines is 1. The molecule has 1 unspecified atom stereocenters. The Labute approximate surface area is 217 Å². The number of carbonyl (C=O) groups excluding carboxylic acids is 2. The maximum Gasteiger partial charge on any atom is 0.330 e. The number of carbonyl (C=O) groups is 2. The highest BCUT2D eigenvalue weighted by Gasteiger charge is 2.31. The van der Waals surface area contributed by atoms with Gasteiger partial charge in [-0.2, -0.15) is 0 Å². The van der Waals surface area contributed by atoms with Gasteiger partial charge in [-0.15, -0.1) is 0 Å². The van der Waals surface area contributed by atoms with Gasteiger partial charge in [0.15, 0.2) is 0 Å². The predicted octanol–water partition coefficient (Wildman–Crippen LogP) is 5.80. The Morgan fingerprint density at radius 2 is 1.89 bits per heavy atom. The fourth-order valence-electron chi connectivity index (χ4n) is 5.13. The first-order chi connectivity index (χ1) is 18.1. The Bertz CT molecular complexity index is 1420. The monoisotopic (exact) mass is 493 g/mol. The summed E-state index contributed by atoms with van der Waals surface area (Å²) in [6.07, 6.45) is 7.75. The SMILES string of the molecule is COC(=O)C=Cc1ccc2c(c1)CCC2N(CCc1c[nH]c2ccccc12)C(=O)NCc1ccccc1. The molecule has 6 heteroatoms. The molecule has 1 aliphatic rings. The molecule has 188 valence electrons. The minimum Gasteiger partial charge on any atom is -0.466 e. The van der Waals surface area contributed by atoms with Crippen LogP contribution in [0.15, 0.2) is 85.1 Å². The highest BCUT2D eigenvalue weighted by Crippen LogP contribution is 2.37. The molecule has 6 nitrogen and oxygen atoms in total. The zero-order chi connectivity index (χ0) is 25.6. The molecular formula is C31H31N3O3. The summed E-state index contributed by atoms with van der Waals surface area (Å²) in [6, 6.07) is 24.4. The second kappa shape index (κ2) is 11.2. The van der Waals surface area contributed by atoms with Crippen LogP contribution in [0.3, 0.4) is 0 Å². The molecule has 0 saturated heterocycles. The third kappa shape index (κ3) is 5.59. The van der Waals surface area contributed by atoms with E-state index in [1.807, 2.05) is 59.6 Å². The van der Waals surface area contributed by atoms with E-state index < -0.39 is 0 Å². The lowest BCUT2D eigenvalue weighted by atomic mass is 10.0. The van der Waals surface area contributed by atoms with Crippen LogP contribution in [0.5, 0.6) is 0 Å². The average Bonchev–Trinajstić information content (AvgIpc) is 3.55. The molecule has 0 spiro atoms. The number of hydrogen-bond donors (Lipinski definition) is 2. The molecule has 2 amide bonds. The molecule has 3 aromatic carbocycles. The van der Waals surface area contributed by atoms with Crippen molar-refractivity contribution in [1.29, 1.82) is 0 Å². The van der Waals surface area contributed by atoms with Gasteiger partial charge in [-0.25, -0.2) is 9.59 Å². The van der Waals surface area contributed by atoms with Crippen LogP contribution in [-0.2, 0) is 28.9 Å². The Morgan fingerprint density at radius 3 is 2.73 bits per heavy atom. The summed E-state index contributed by atoms with van der Waals surface area (Å²) in [6.45, 7) is 1.09. The van der Waals surface area contributed by atoms with Crippen molar-refractivity contribution in [3.63, 3.8) is 0 Å². The van der Waals surface area contributed by atoms with E-state index in [-0.39, 0.29) is 18.0 Å². The minimum absolute atomic E-state index is 0.00499. The maximum atomic E-state index is 13.6. The van der Waals surface area contributed by atoms with Gasteiger partial charge in [0.25, 0.3) is 0 Å². The van der Waals surface area contributed by atoms with Crippen LogP contribution >= 0.6 is 0 Å². The normalized spacial score (nSPS) is 14.6. The van der Waals surface area contributed by atoms with Crippen LogP contribution in [-0.4, -0.2) is 35.5 Å². The van der Waals surface area contributed by atoms with Gasteiger partial charge < -0.3 is 19.9 Å². The van der Waals surface area contributed by atoms with Crippen LogP contribution < -0.4 is 5.32 Å². The number of rotatable bonds is 8. The summed E-state index contributed by atoms with van der Waals surface area (Å²) in [5.74, 6) is -0.378. The van der Waals surface area contributed by atoms with Gasteiger partial charge in [0.1, 0.15) is 0 Å². The van der Waals surface area contributed by atoms with E-state index in [9.17, 15) is 9.59 Å². The lowest BCUT2D eigenvalue weighted by Crippen LogP contribution is -2.42. The summed E-state index contributed by atoms with van der Waals surface area (Å²) in [5.41, 5.74) is 6.72. The number of fused-ring (bicyclic) bond motifs is 2. The first-order valence-corrected chi connectivity index (χ1v) is 12.6. The molecule has 1 aromatic heterocycles. The summed E-state index contributed by atoms with van der Waals surface area (Å²) in [5, 5.41) is 4.34. The Kier molecular flexibility index (Phi) is 7.36. The largest absolute Gasteiger partial charge is 0.466 e. The number of methoxy groups -OCH3 is 1. The first-order valence-electron chi connectivity index (χ1n) is 12.6. The molecule has 0 fully saturated rings. The zero-order valence-corrected chi connectivity index (χ0v) is 20.9. The molecule has 37 heavy (non-hydrogen) atoms. The lowest BCUT2D eigenvalue weighted by molar-refractivity contribution is -0.134. The summed E-state index contributed by atoms with van der Waals surface area (Å²) >= 11 is 0. The van der Waals surface area contributed by atoms with Crippen LogP contribution in [0.2, 0.25) is 0 Å². The van der Waals surface area contributed by atoms with Gasteiger partial charge in [-0.1, -0.05) is 66.7 Å². The van der Waals surface area contributed by atoms with Gasteiger partial charge in [0.05, 0.1) is 13.2 Å². The number of esters is 1. The van der Waals surface area contributed by atoms with E-state index in [2.05, 4.69) is 34.6 Å². The molecule has 0 aliphatic heterocycles. The Balaban J connectivity index is 1.37. The van der Waals surface area contributed by atoms with Crippen LogP contribution in [0.25, 0.3) is 17.0 Å². The summed E-state index contributed by atoms with van der Waals surface area (Å²) in [7, 11) is 1.37. The Morgan fingerprint density at radius 1 is 1.08 bits per heavy atom. The second-order valence-electron chi connectivity index (χ2n) is 9.32. The highest BCUT2D eigenvalue weighted by molar-refractivity contribution is 5.87. The number of amides is 2. The van der Waals surface area contributed by atoms with E-state index in [1.165, 1.54) is 35.3 Å². The number of hydrogen-bond acceptors (Lipinski definition) is 3. The molecule has 4 aromatic rings. The summed E-state index contributed by atoms with van der Waals surface area (Å²) in [4.78, 5) is 30.4. The van der Waals surface area contributed by atoms with E-state index in [1.54, 1.807) is 6.08 Å². The van der Waals surface area contributed by atoms with Crippen LogP contribution in [0, 0.1) is 0 Å². The second-order valence-corrected chi connectivity index (χ2v) is 9.32. The van der Waals surface area contributed by atoms with Gasteiger partial charge in [0.2, 0.25) is 0 Å². The number of nitrogens with zero attached hydrogens (tertiary/aromatic N) is 1. The number of ether oxygens (including phenoxy) is 1. The number of para-hydroxylation sites is 1. The van der Waals surface area contributed by atoms with Crippen molar-refractivity contribution in [3.8, 4) is 0 Å². The Hall–Kier alpha value is -4.32. The van der Waals surface area contributed by atoms with Crippen molar-refractivity contribution in [3.05, 3.63) is 113 Å². The average molecular weight is 494 g/mol. The summed E-state index contributed by atoms with van der Waals surface area (Å²) < 4.78 is 4.70. The zero-order valence-electron chi connectivity index (χ0n) is 20.9. The van der Waals surface area contributed by atoms with Gasteiger partial charge in [-0.3, -0.25) is 0 Å². The van der Waals surface area contributed by atoms with Crippen molar-refractivity contribution in [2.24, 2.45) is 0 Å². The smallest absolute Gasteiger partial charge is 0.330 e. The maximum absolute atomic E-state index is 13.6. The van der Waals surface area contributed by atoms with E-state index in [4.69, 9.17) is 4.74 Å². The molecule has 1 aliphatic carbocycles. The standard InChI is InChI=1S/C31H31N3O3/c1-37-30(35)16-12-22-11-14-27-24(19-22)13-15-29(27)34(31(36)33-20-23-7-3-2-4-8-23)18-17-25-21-32-28-10-6-5-9-26(25)28/h2-12,14,16,19,21,29,32H,13,15,17-18,20H2,1H3,(H,33,36). The number of H-pyrrole nitrogens is 1. The predicted molar refractivity (Wildman–Crippen MR) is 146 cm³/mol. The van der Waals surface area contributed by atoms with Crippen LogP contribution in [0.4, 0.5) is 4.79 Å². The fraction of sp³-hybridized carbons (Fsp3) is 0.226. The van der Waals surface area contributed by atoms with Crippen molar-refractivity contribution in [2.75, 3.05) is 13.7 Å². The van der Waals surface area contributed by atoms with Gasteiger partial charge in [-0.05, 0) is 59.2 Å². The number of aryl methyl sites for hydroxylation is 1. The molecule has 5 rings (SSSR count). The number of benzene rings is 3. The highest BCUT2D eigenvalue weighted by atomic mass is 16.5. The molecule has 0 radical (unpaired) electrons. The molecule has 1 heterocycles. The van der Waals surface area contributed by atoms with Gasteiger partial charge >= 0.3 is 12.0 Å². The quantitative estimate of drug-likeness (QED) is 0.241. The van der Waals surface area contributed by atoms with Crippen molar-refractivity contribution >= 4 is 29.0 Å². The fourth-order valence-corrected chi connectivity index (χ4v) is 5.13. The van der Waals surface area contributed by atoms with Gasteiger partial charge in [0, 0.05) is 36.3 Å². The van der Waals surface area contributed by atoms with E-state index >= 15 is 0 Å². The number of aromatic nitrogens is 1. The van der Waals surface area contributed by atoms with Crippen molar-refractivity contribution < 1.29 is 14.3 Å². The first kappa shape index (κ1) is 24.4. The van der Waals surface area contributed by atoms with E-state index in [0.29, 0.717) is 13.1 Å². The third-order valence-corrected chi connectivity index (χ3v) is 7.05. The number of urea groups is 1. The molecule has 1 atom stereocenters. The van der Waals surface area contributed by atoms with Crippen molar-refractivity contribution in [1.82, 2.24) is 15.2 Å². The molecule has 0 bridgehead atoms. The van der Waals surface area contributed by atoms with Crippen molar-refractivity contribution in [2.45, 2.75) is 31.8 Å². The van der Waals surface area contributed by atoms with E-state index in [0.717, 1.165) is 35.9 Å². The number of nitrogens with one attached hydrogen (secondary N) is 2. The third-order valence-electron chi connectivity index (χ3n) is 7.05. The lowest BCUT2D eigenvalue weighted by Gasteiger charge is -2.30. The molecule has 0 saturated carbocycles. The molecule has 2 N–H and O–H groups in total.